The van der Waals surface area contributed by atoms with Gasteiger partial charge in [0, 0.05) is 5.92 Å². The summed E-state index contributed by atoms with van der Waals surface area (Å²) in [6.45, 7) is 3.51. The molecule has 0 bridgehead atoms. The van der Waals surface area contributed by atoms with Gasteiger partial charge in [0.1, 0.15) is 0 Å². The smallest absolute Gasteiger partial charge is 0.220 e. The van der Waals surface area contributed by atoms with Gasteiger partial charge in [0.25, 0.3) is 0 Å². The van der Waals surface area contributed by atoms with Crippen LogP contribution in [0, 0.1) is 17.2 Å². The molecule has 0 aromatic rings. The van der Waals surface area contributed by atoms with Gasteiger partial charge in [-0.05, 0) is 19.5 Å². The first-order chi connectivity index (χ1) is 3.66. The molecule has 0 saturated heterocycles. The Hall–Kier alpha value is -0.333. The summed E-state index contributed by atoms with van der Waals surface area (Å²) >= 11 is 0. The maximum Gasteiger partial charge on any atom is 0.220 e. The van der Waals surface area contributed by atoms with Crippen molar-refractivity contribution in [3.8, 4) is 6.07 Å². The third kappa shape index (κ3) is 3.84. The van der Waals surface area contributed by atoms with Crippen LogP contribution in [0.15, 0.2) is 0 Å². The molecule has 0 fully saturated rings. The van der Waals surface area contributed by atoms with Crippen LogP contribution in [0.2, 0.25) is 12.6 Å². The average Bonchev–Trinajstić information content (AvgIpc) is 1.65. The number of nitrogens with zero attached hydrogens (tertiary/aromatic N) is 1. The maximum absolute atomic E-state index is 10.5. The number of hydrogen-bond donors (Lipinski definition) is 0. The summed E-state index contributed by atoms with van der Waals surface area (Å²) in [6, 6.07) is 2.64. The largest absolute Gasteiger partial charge is 0.302 e. The minimum Gasteiger partial charge on any atom is -0.302 e. The Morgan fingerprint density at radius 3 is 2.50 bits per heavy atom. The van der Waals surface area contributed by atoms with Crippen molar-refractivity contribution in [3.63, 3.8) is 0 Å². The molecule has 0 spiro atoms. The molecule has 1 radical (unpaired) electrons. The van der Waals surface area contributed by atoms with Gasteiger partial charge in [0.2, 0.25) is 9.04 Å². The molecule has 0 aliphatic carbocycles. The molecule has 0 N–H and O–H groups in total. The van der Waals surface area contributed by atoms with E-state index in [1.54, 1.807) is 13.5 Å². The van der Waals surface area contributed by atoms with Crippen LogP contribution < -0.4 is 0 Å². The highest BCUT2D eigenvalue weighted by atomic mass is 28.3. The van der Waals surface area contributed by atoms with E-state index in [9.17, 15) is 4.80 Å². The third-order valence-electron chi connectivity index (χ3n) is 0.906. The fourth-order valence-corrected chi connectivity index (χ4v) is 1.65. The Bertz CT molecular complexity index is 97.1. The van der Waals surface area contributed by atoms with E-state index in [0.717, 1.165) is 0 Å². The van der Waals surface area contributed by atoms with Crippen LogP contribution in [-0.4, -0.2) is 9.04 Å². The molecule has 0 amide bonds. The van der Waals surface area contributed by atoms with Crippen molar-refractivity contribution in [2.75, 3.05) is 0 Å². The molecule has 2 unspecified atom stereocenters. The van der Waals surface area contributed by atoms with E-state index >= 15 is 0 Å². The molecule has 0 heterocycles. The topological polar surface area (TPSA) is 43.7 Å². The summed E-state index contributed by atoms with van der Waals surface area (Å²) in [6.07, 6.45) is 0. The molecule has 45 valence electrons. The predicted molar refractivity (Wildman–Crippen MR) is 33.3 cm³/mol. The second kappa shape index (κ2) is 3.64. The minimum atomic E-state index is -1.72. The second-order valence-corrected chi connectivity index (χ2v) is 4.17. The first-order valence-electron chi connectivity index (χ1n) is 2.72. The summed E-state index contributed by atoms with van der Waals surface area (Å²) in [5.74, 6) is -0.0193. The normalized spacial score (nSPS) is 16.8. The zero-order valence-corrected chi connectivity index (χ0v) is 6.37. The van der Waals surface area contributed by atoms with Gasteiger partial charge in [-0.3, -0.25) is 0 Å². The maximum atomic E-state index is 10.5. The Kier molecular flexibility index (Phi) is 3.49. The molecular formula is C5H10NOSi. The van der Waals surface area contributed by atoms with Gasteiger partial charge in [0.15, 0.2) is 0 Å². The van der Waals surface area contributed by atoms with E-state index in [1.807, 2.05) is 6.07 Å². The lowest BCUT2D eigenvalue weighted by molar-refractivity contribution is 0.446. The first-order valence-corrected chi connectivity index (χ1v) is 5.16. The fourth-order valence-electron chi connectivity index (χ4n) is 0.551. The van der Waals surface area contributed by atoms with Crippen LogP contribution in [0.3, 0.4) is 0 Å². The van der Waals surface area contributed by atoms with Crippen molar-refractivity contribution in [3.05, 3.63) is 0 Å². The lowest BCUT2D eigenvalue weighted by atomic mass is 10.3. The van der Waals surface area contributed by atoms with Crippen molar-refractivity contribution in [2.24, 2.45) is 5.92 Å². The molecular weight excluding hydrogens is 118 g/mol. The lowest BCUT2D eigenvalue weighted by Crippen LogP contribution is -2.07. The van der Waals surface area contributed by atoms with Gasteiger partial charge >= 0.3 is 0 Å². The van der Waals surface area contributed by atoms with Gasteiger partial charge in [-0.1, -0.05) is 0 Å². The Labute approximate surface area is 51.5 Å². The van der Waals surface area contributed by atoms with Crippen LogP contribution >= 0.6 is 0 Å². The first kappa shape index (κ1) is 7.67. The van der Waals surface area contributed by atoms with Crippen molar-refractivity contribution in [1.82, 2.24) is 0 Å². The molecule has 8 heavy (non-hydrogen) atoms. The summed E-state index contributed by atoms with van der Waals surface area (Å²) < 4.78 is 0. The third-order valence-corrected chi connectivity index (χ3v) is 2.28. The van der Waals surface area contributed by atoms with E-state index < -0.39 is 9.04 Å². The van der Waals surface area contributed by atoms with Crippen LogP contribution in [0.5, 0.6) is 0 Å². The second-order valence-electron chi connectivity index (χ2n) is 2.08. The van der Waals surface area contributed by atoms with E-state index in [-0.39, 0.29) is 5.92 Å². The van der Waals surface area contributed by atoms with Crippen molar-refractivity contribution in [2.45, 2.75) is 19.5 Å². The number of nitriles is 1. The fraction of sp³-hybridized carbons (Fsp3) is 0.800. The van der Waals surface area contributed by atoms with Crippen molar-refractivity contribution < 1.29 is 4.80 Å². The summed E-state index contributed by atoms with van der Waals surface area (Å²) in [7, 11) is -1.72. The van der Waals surface area contributed by atoms with Gasteiger partial charge in [0.05, 0.1) is 6.07 Å². The predicted octanol–water partition coefficient (Wildman–Crippen LogP) is 0.930. The summed E-state index contributed by atoms with van der Waals surface area (Å²) in [4.78, 5) is 10.5. The molecule has 0 aliphatic heterocycles. The number of hydrogen-bond acceptors (Lipinski definition) is 1. The van der Waals surface area contributed by atoms with E-state index in [4.69, 9.17) is 5.26 Å². The lowest BCUT2D eigenvalue weighted by Gasteiger charge is -1.98. The highest BCUT2D eigenvalue weighted by molar-refractivity contribution is 6.48. The quantitative estimate of drug-likeness (QED) is 0.510. The van der Waals surface area contributed by atoms with Gasteiger partial charge < -0.3 is 4.80 Å². The Balaban J connectivity index is 3.28. The highest BCUT2D eigenvalue weighted by Crippen LogP contribution is 2.02. The van der Waals surface area contributed by atoms with Crippen LogP contribution in [0.4, 0.5) is 0 Å². The molecule has 0 saturated carbocycles. The molecule has 3 heteroatoms. The van der Waals surface area contributed by atoms with Crippen molar-refractivity contribution >= 4 is 9.04 Å². The van der Waals surface area contributed by atoms with E-state index in [0.29, 0.717) is 6.04 Å². The molecule has 0 aromatic heterocycles. The molecule has 0 aromatic carbocycles. The zero-order chi connectivity index (χ0) is 6.57. The standard InChI is InChI=1S/C5H10NOSi/c1-5(3-6)4-8(2)7/h5,8H,4H2,1-2H3. The Morgan fingerprint density at radius 1 is 1.88 bits per heavy atom. The van der Waals surface area contributed by atoms with Crippen LogP contribution in [0.1, 0.15) is 6.92 Å². The molecule has 2 nitrogen and oxygen atoms in total. The van der Waals surface area contributed by atoms with Gasteiger partial charge in [-0.2, -0.15) is 5.26 Å². The SMILES string of the molecule is CC(C#N)C[SiH](C)[O]. The van der Waals surface area contributed by atoms with E-state index in [2.05, 4.69) is 0 Å². The summed E-state index contributed by atoms with van der Waals surface area (Å²) in [5.41, 5.74) is 0. The van der Waals surface area contributed by atoms with Crippen molar-refractivity contribution in [1.29, 1.82) is 5.26 Å². The molecule has 0 rings (SSSR count). The van der Waals surface area contributed by atoms with Gasteiger partial charge in [-0.25, -0.2) is 0 Å². The van der Waals surface area contributed by atoms with Crippen LogP contribution in [0.25, 0.3) is 0 Å². The van der Waals surface area contributed by atoms with E-state index in [1.165, 1.54) is 0 Å². The Morgan fingerprint density at radius 2 is 2.38 bits per heavy atom. The summed E-state index contributed by atoms with van der Waals surface area (Å²) in [5, 5.41) is 8.22. The molecule has 2 atom stereocenters. The monoisotopic (exact) mass is 128 g/mol. The van der Waals surface area contributed by atoms with Gasteiger partial charge in [-0.15, -0.1) is 0 Å². The highest BCUT2D eigenvalue weighted by Gasteiger charge is 2.06. The minimum absolute atomic E-state index is 0.0193. The zero-order valence-electron chi connectivity index (χ0n) is 5.22. The molecule has 0 aliphatic rings. The van der Waals surface area contributed by atoms with Crippen LogP contribution in [-0.2, 0) is 4.80 Å². The number of rotatable bonds is 2. The average molecular weight is 128 g/mol.